The molecule has 150 valence electrons. The van der Waals surface area contributed by atoms with Gasteiger partial charge in [-0.25, -0.2) is 0 Å². The van der Waals surface area contributed by atoms with Crippen molar-refractivity contribution in [3.63, 3.8) is 0 Å². The maximum atomic E-state index is 5.90. The van der Waals surface area contributed by atoms with Gasteiger partial charge >= 0.3 is 0 Å². The van der Waals surface area contributed by atoms with E-state index in [2.05, 4.69) is 6.92 Å². The molecule has 0 aromatic heterocycles. The largest absolute Gasteiger partial charge is 0.378 e. The van der Waals surface area contributed by atoms with Crippen molar-refractivity contribution in [3.8, 4) is 0 Å². The van der Waals surface area contributed by atoms with E-state index < -0.39 is 5.97 Å². The van der Waals surface area contributed by atoms with Gasteiger partial charge in [-0.05, 0) is 33.1 Å². The van der Waals surface area contributed by atoms with E-state index in [1.165, 1.54) is 32.1 Å². The topological polar surface area (TPSA) is 49.5 Å². The van der Waals surface area contributed by atoms with Crippen LogP contribution in [0, 0.1) is 5.92 Å². The predicted molar refractivity (Wildman–Crippen MR) is 99.7 cm³/mol. The zero-order valence-corrected chi connectivity index (χ0v) is 16.9. The molecule has 5 nitrogen and oxygen atoms in total. The van der Waals surface area contributed by atoms with Crippen LogP contribution in [0.2, 0.25) is 0 Å². The van der Waals surface area contributed by atoms with Gasteiger partial charge in [-0.2, -0.15) is 0 Å². The first-order chi connectivity index (χ1) is 12.2. The monoisotopic (exact) mass is 360 g/mol. The Bertz CT molecular complexity index is 289. The normalized spacial score (nSPS) is 18.5. The summed E-state index contributed by atoms with van der Waals surface area (Å²) in [5.74, 6) is -0.573. The van der Waals surface area contributed by atoms with Crippen LogP contribution in [0.15, 0.2) is 0 Å². The molecule has 0 aromatic carbocycles. The Morgan fingerprint density at radius 2 is 1.52 bits per heavy atom. The summed E-state index contributed by atoms with van der Waals surface area (Å²) in [5, 5.41) is 0. The van der Waals surface area contributed by atoms with Crippen molar-refractivity contribution in [1.29, 1.82) is 0 Å². The Balaban J connectivity index is 2.54. The van der Waals surface area contributed by atoms with Gasteiger partial charge < -0.3 is 23.7 Å². The number of rotatable bonds is 18. The molecule has 0 amide bonds. The Hall–Kier alpha value is -0.200. The van der Waals surface area contributed by atoms with Crippen LogP contribution in [0.25, 0.3) is 0 Å². The van der Waals surface area contributed by atoms with Crippen LogP contribution in [0.3, 0.4) is 0 Å². The lowest BCUT2D eigenvalue weighted by Gasteiger charge is -2.35. The second kappa shape index (κ2) is 13.9. The summed E-state index contributed by atoms with van der Waals surface area (Å²) in [6.45, 7) is 12.1. The highest BCUT2D eigenvalue weighted by molar-refractivity contribution is 4.71. The van der Waals surface area contributed by atoms with E-state index in [-0.39, 0.29) is 0 Å². The van der Waals surface area contributed by atoms with Crippen molar-refractivity contribution in [2.75, 3.05) is 39.6 Å². The van der Waals surface area contributed by atoms with E-state index in [1.54, 1.807) is 0 Å². The van der Waals surface area contributed by atoms with Crippen molar-refractivity contribution in [3.05, 3.63) is 0 Å². The lowest BCUT2D eigenvalue weighted by atomic mass is 9.96. The van der Waals surface area contributed by atoms with Crippen LogP contribution in [-0.2, 0) is 23.7 Å². The molecule has 1 aliphatic rings. The second-order valence-electron chi connectivity index (χ2n) is 6.75. The van der Waals surface area contributed by atoms with Crippen molar-refractivity contribution >= 4 is 0 Å². The number of ether oxygens (including phenoxy) is 5. The van der Waals surface area contributed by atoms with Gasteiger partial charge in [0.25, 0.3) is 5.97 Å². The summed E-state index contributed by atoms with van der Waals surface area (Å²) < 4.78 is 28.8. The SMILES string of the molecule is CCCCCCCC(COCC1CO1)CC(OCC)(OCC)OCC. The lowest BCUT2D eigenvalue weighted by Crippen LogP contribution is -2.42. The first-order valence-corrected chi connectivity index (χ1v) is 10.3. The van der Waals surface area contributed by atoms with Gasteiger partial charge in [-0.1, -0.05) is 39.0 Å². The minimum atomic E-state index is -0.939. The minimum absolute atomic E-state index is 0.306. The maximum absolute atomic E-state index is 5.90. The van der Waals surface area contributed by atoms with Gasteiger partial charge in [-0.3, -0.25) is 0 Å². The number of hydrogen-bond acceptors (Lipinski definition) is 5. The molecule has 1 fully saturated rings. The first-order valence-electron chi connectivity index (χ1n) is 10.3. The van der Waals surface area contributed by atoms with Crippen LogP contribution in [0.5, 0.6) is 0 Å². The second-order valence-corrected chi connectivity index (χ2v) is 6.75. The van der Waals surface area contributed by atoms with E-state index >= 15 is 0 Å². The summed E-state index contributed by atoms with van der Waals surface area (Å²) in [6, 6.07) is 0. The molecular weight excluding hydrogens is 320 g/mol. The smallest absolute Gasteiger partial charge is 0.283 e. The quantitative estimate of drug-likeness (QED) is 0.204. The molecule has 0 N–H and O–H groups in total. The fourth-order valence-electron chi connectivity index (χ4n) is 3.13. The van der Waals surface area contributed by atoms with Gasteiger partial charge in [0.1, 0.15) is 6.10 Å². The molecule has 25 heavy (non-hydrogen) atoms. The Labute approximate surface area is 154 Å². The summed E-state index contributed by atoms with van der Waals surface area (Å²) in [5.41, 5.74) is 0. The summed E-state index contributed by atoms with van der Waals surface area (Å²) >= 11 is 0. The van der Waals surface area contributed by atoms with Gasteiger partial charge in [0.05, 0.1) is 13.2 Å². The summed E-state index contributed by atoms with van der Waals surface area (Å²) in [4.78, 5) is 0. The maximum Gasteiger partial charge on any atom is 0.283 e. The molecule has 0 aliphatic carbocycles. The molecule has 2 unspecified atom stereocenters. The third-order valence-electron chi connectivity index (χ3n) is 4.41. The molecule has 1 heterocycles. The molecule has 0 saturated carbocycles. The van der Waals surface area contributed by atoms with Crippen LogP contribution >= 0.6 is 0 Å². The fraction of sp³-hybridized carbons (Fsp3) is 1.00. The average molecular weight is 361 g/mol. The Morgan fingerprint density at radius 1 is 0.920 bits per heavy atom. The van der Waals surface area contributed by atoms with Gasteiger partial charge in [-0.15, -0.1) is 0 Å². The first kappa shape index (κ1) is 22.8. The minimum Gasteiger partial charge on any atom is -0.378 e. The van der Waals surface area contributed by atoms with E-state index in [4.69, 9.17) is 23.7 Å². The van der Waals surface area contributed by atoms with Gasteiger partial charge in [0.15, 0.2) is 0 Å². The molecule has 2 atom stereocenters. The van der Waals surface area contributed by atoms with Crippen molar-refractivity contribution in [2.24, 2.45) is 5.92 Å². The van der Waals surface area contributed by atoms with Crippen LogP contribution in [-0.4, -0.2) is 51.7 Å². The van der Waals surface area contributed by atoms with E-state index in [9.17, 15) is 0 Å². The molecule has 1 aliphatic heterocycles. The number of epoxide rings is 1. The number of hydrogen-bond donors (Lipinski definition) is 0. The highest BCUT2D eigenvalue weighted by Crippen LogP contribution is 2.29. The predicted octanol–water partition coefficient (Wildman–Crippen LogP) is 4.53. The molecule has 0 radical (unpaired) electrons. The third-order valence-corrected chi connectivity index (χ3v) is 4.41. The Morgan fingerprint density at radius 3 is 2.04 bits per heavy atom. The summed E-state index contributed by atoms with van der Waals surface area (Å²) in [7, 11) is 0. The van der Waals surface area contributed by atoms with Gasteiger partial charge in [0.2, 0.25) is 0 Å². The zero-order chi connectivity index (χ0) is 18.4. The highest BCUT2D eigenvalue weighted by Gasteiger charge is 2.36. The third kappa shape index (κ3) is 10.5. The van der Waals surface area contributed by atoms with Crippen molar-refractivity contribution in [1.82, 2.24) is 0 Å². The highest BCUT2D eigenvalue weighted by atomic mass is 16.9. The van der Waals surface area contributed by atoms with Crippen LogP contribution < -0.4 is 0 Å². The van der Waals surface area contributed by atoms with Crippen LogP contribution in [0.4, 0.5) is 0 Å². The number of unbranched alkanes of at least 4 members (excludes halogenated alkanes) is 4. The molecule has 0 bridgehead atoms. The molecule has 0 aromatic rings. The van der Waals surface area contributed by atoms with E-state index in [1.807, 2.05) is 20.8 Å². The fourth-order valence-corrected chi connectivity index (χ4v) is 3.13. The van der Waals surface area contributed by atoms with Crippen molar-refractivity contribution in [2.45, 2.75) is 84.7 Å². The Kier molecular flexibility index (Phi) is 12.7. The lowest BCUT2D eigenvalue weighted by molar-refractivity contribution is -0.384. The standard InChI is InChI=1S/C20H40O5/c1-5-9-10-11-12-13-18(15-21-16-19-17-22-19)14-20(23-6-2,24-7-3)25-8-4/h18-19H,5-17H2,1-4H3. The van der Waals surface area contributed by atoms with Crippen LogP contribution in [0.1, 0.15) is 72.6 Å². The summed E-state index contributed by atoms with van der Waals surface area (Å²) in [6.07, 6.45) is 8.53. The zero-order valence-electron chi connectivity index (χ0n) is 16.9. The van der Waals surface area contributed by atoms with E-state index in [0.29, 0.717) is 51.5 Å². The molecule has 5 heteroatoms. The molecular formula is C20H40O5. The van der Waals surface area contributed by atoms with E-state index in [0.717, 1.165) is 13.0 Å². The average Bonchev–Trinajstić information content (AvgIpc) is 3.39. The molecule has 1 rings (SSSR count). The molecule has 1 saturated heterocycles. The molecule has 0 spiro atoms. The van der Waals surface area contributed by atoms with Gasteiger partial charge in [0, 0.05) is 32.8 Å². The van der Waals surface area contributed by atoms with Crippen molar-refractivity contribution < 1.29 is 23.7 Å².